The van der Waals surface area contributed by atoms with Crippen LogP contribution in [-0.4, -0.2) is 57.3 Å². The van der Waals surface area contributed by atoms with Gasteiger partial charge in [0.2, 0.25) is 5.95 Å². The Morgan fingerprint density at radius 1 is 0.953 bits per heavy atom. The van der Waals surface area contributed by atoms with E-state index in [0.717, 1.165) is 40.4 Å². The Balaban J connectivity index is 1.57. The van der Waals surface area contributed by atoms with Crippen molar-refractivity contribution < 1.29 is 19.0 Å². The highest BCUT2D eigenvalue weighted by molar-refractivity contribution is 6.03. The molecule has 0 bridgehead atoms. The average Bonchev–Trinajstić information content (AvgIpc) is 3.61. The van der Waals surface area contributed by atoms with E-state index in [1.165, 1.54) is 15.6 Å². The molecule has 43 heavy (non-hydrogen) atoms. The number of methoxy groups -OCH3 is 3. The van der Waals surface area contributed by atoms with E-state index in [1.807, 2.05) is 69.3 Å². The molecule has 11 heteroatoms. The van der Waals surface area contributed by atoms with Crippen molar-refractivity contribution in [2.45, 2.75) is 52.6 Å². The molecule has 1 atom stereocenters. The molecule has 0 radical (unpaired) electrons. The van der Waals surface area contributed by atoms with E-state index in [2.05, 4.69) is 5.10 Å². The summed E-state index contributed by atoms with van der Waals surface area (Å²) in [6, 6.07) is 16.1. The number of hydrazone groups is 1. The van der Waals surface area contributed by atoms with Crippen LogP contribution in [0.1, 0.15) is 54.0 Å². The summed E-state index contributed by atoms with van der Waals surface area (Å²) < 4.78 is 19.3. The maximum Gasteiger partial charge on any atom is 0.263 e. The highest BCUT2D eigenvalue weighted by Crippen LogP contribution is 2.37. The van der Waals surface area contributed by atoms with Gasteiger partial charge in [0.1, 0.15) is 12.3 Å². The van der Waals surface area contributed by atoms with E-state index in [0.29, 0.717) is 36.0 Å². The van der Waals surface area contributed by atoms with Crippen molar-refractivity contribution in [1.82, 2.24) is 24.3 Å². The van der Waals surface area contributed by atoms with E-state index in [4.69, 9.17) is 24.3 Å². The van der Waals surface area contributed by atoms with Crippen LogP contribution in [0.5, 0.6) is 17.2 Å². The molecule has 2 aromatic carbocycles. The number of carbonyl (C=O) groups is 1. The van der Waals surface area contributed by atoms with Crippen LogP contribution in [0, 0.1) is 13.8 Å². The first-order valence-corrected chi connectivity index (χ1v) is 14.2. The van der Waals surface area contributed by atoms with Gasteiger partial charge < -0.3 is 14.2 Å². The molecule has 1 aliphatic rings. The largest absolute Gasteiger partial charge is 0.497 e. The van der Waals surface area contributed by atoms with Crippen LogP contribution < -0.4 is 19.8 Å². The zero-order valence-corrected chi connectivity index (χ0v) is 25.3. The number of rotatable bonds is 10. The number of hydrogen-bond acceptors (Lipinski definition) is 8. The minimum Gasteiger partial charge on any atom is -0.497 e. The fourth-order valence-corrected chi connectivity index (χ4v) is 5.29. The standard InChI is InChI=1S/C32H36N6O5/c1-7-8-24-17-30(39)36(32(33-24)37-21(3)15-20(2)34-37)19-31(40)38-27(23-11-14-28(42-5)29(16-23)43-6)18-26(35-38)22-9-12-25(41-4)13-10-22/h9-17,27H,7-8,18-19H2,1-6H3. The number of aryl methyl sites for hydroxylation is 3. The fraction of sp³-hybridized carbons (Fsp3) is 0.344. The maximum atomic E-state index is 14.1. The van der Waals surface area contributed by atoms with Gasteiger partial charge in [-0.3, -0.25) is 14.2 Å². The number of amides is 1. The minimum absolute atomic E-state index is 0.269. The normalized spacial score (nSPS) is 14.5. The van der Waals surface area contributed by atoms with Crippen molar-refractivity contribution in [1.29, 1.82) is 0 Å². The van der Waals surface area contributed by atoms with Gasteiger partial charge >= 0.3 is 0 Å². The van der Waals surface area contributed by atoms with Crippen molar-refractivity contribution >= 4 is 11.6 Å². The van der Waals surface area contributed by atoms with Crippen LogP contribution in [0.3, 0.4) is 0 Å². The number of carbonyl (C=O) groups excluding carboxylic acids is 1. The van der Waals surface area contributed by atoms with E-state index in [9.17, 15) is 9.59 Å². The van der Waals surface area contributed by atoms with Crippen LogP contribution in [0.4, 0.5) is 0 Å². The highest BCUT2D eigenvalue weighted by atomic mass is 16.5. The Bertz CT molecular complexity index is 1720. The monoisotopic (exact) mass is 584 g/mol. The quantitative estimate of drug-likeness (QED) is 0.272. The van der Waals surface area contributed by atoms with Crippen molar-refractivity contribution in [3.05, 3.63) is 93.2 Å². The molecule has 2 aromatic heterocycles. The summed E-state index contributed by atoms with van der Waals surface area (Å²) in [5, 5.41) is 10.8. The molecule has 1 amide bonds. The Morgan fingerprint density at radius 3 is 2.33 bits per heavy atom. The number of benzene rings is 2. The molecule has 11 nitrogen and oxygen atoms in total. The van der Waals surface area contributed by atoms with E-state index < -0.39 is 6.04 Å². The van der Waals surface area contributed by atoms with Gasteiger partial charge in [-0.15, -0.1) is 0 Å². The second-order valence-corrected chi connectivity index (χ2v) is 10.4. The van der Waals surface area contributed by atoms with Crippen molar-refractivity contribution in [3.8, 4) is 23.2 Å². The SMILES string of the molecule is CCCc1cc(=O)n(CC(=O)N2N=C(c3ccc(OC)cc3)CC2c2ccc(OC)c(OC)c2)c(-n2nc(C)cc2C)n1. The molecule has 0 saturated heterocycles. The van der Waals surface area contributed by atoms with Gasteiger partial charge in [-0.1, -0.05) is 19.4 Å². The lowest BCUT2D eigenvalue weighted by Gasteiger charge is -2.24. The third kappa shape index (κ3) is 6.01. The molecule has 5 rings (SSSR count). The zero-order valence-electron chi connectivity index (χ0n) is 25.3. The maximum absolute atomic E-state index is 14.1. The first-order valence-electron chi connectivity index (χ1n) is 14.2. The molecule has 0 N–H and O–H groups in total. The molecule has 3 heterocycles. The number of ether oxygens (including phenoxy) is 3. The van der Waals surface area contributed by atoms with E-state index in [1.54, 1.807) is 26.0 Å². The van der Waals surface area contributed by atoms with Gasteiger partial charge in [0.15, 0.2) is 11.5 Å². The van der Waals surface area contributed by atoms with Crippen LogP contribution in [0.15, 0.2) is 64.5 Å². The smallest absolute Gasteiger partial charge is 0.263 e. The molecule has 4 aromatic rings. The molecule has 0 spiro atoms. The predicted octanol–water partition coefficient (Wildman–Crippen LogP) is 4.40. The first-order chi connectivity index (χ1) is 20.8. The molecule has 1 aliphatic heterocycles. The topological polar surface area (TPSA) is 113 Å². The predicted molar refractivity (Wildman–Crippen MR) is 162 cm³/mol. The minimum atomic E-state index is -0.440. The number of nitrogens with zero attached hydrogens (tertiary/aromatic N) is 6. The van der Waals surface area contributed by atoms with Gasteiger partial charge in [0.25, 0.3) is 11.5 Å². The van der Waals surface area contributed by atoms with Crippen molar-refractivity contribution in [2.24, 2.45) is 5.10 Å². The lowest BCUT2D eigenvalue weighted by molar-refractivity contribution is -0.133. The summed E-state index contributed by atoms with van der Waals surface area (Å²) in [5.41, 5.74) is 4.35. The Labute approximate surface area is 250 Å². The molecule has 1 unspecified atom stereocenters. The zero-order chi connectivity index (χ0) is 30.7. The lowest BCUT2D eigenvalue weighted by Crippen LogP contribution is -2.36. The third-order valence-electron chi connectivity index (χ3n) is 7.42. The average molecular weight is 585 g/mol. The van der Waals surface area contributed by atoms with Crippen LogP contribution in [-0.2, 0) is 17.8 Å². The van der Waals surface area contributed by atoms with E-state index >= 15 is 0 Å². The Kier molecular flexibility index (Phi) is 8.61. The summed E-state index contributed by atoms with van der Waals surface area (Å²) in [5.74, 6) is 1.79. The van der Waals surface area contributed by atoms with Gasteiger partial charge in [-0.05, 0) is 73.9 Å². The molecular weight excluding hydrogens is 548 g/mol. The highest BCUT2D eigenvalue weighted by Gasteiger charge is 2.34. The molecular formula is C32H36N6O5. The fourth-order valence-electron chi connectivity index (χ4n) is 5.29. The summed E-state index contributed by atoms with van der Waals surface area (Å²) in [6.45, 7) is 5.53. The Hall–Kier alpha value is -4.93. The van der Waals surface area contributed by atoms with Gasteiger partial charge in [-0.25, -0.2) is 14.7 Å². The van der Waals surface area contributed by atoms with Crippen molar-refractivity contribution in [3.63, 3.8) is 0 Å². The molecule has 224 valence electrons. The summed E-state index contributed by atoms with van der Waals surface area (Å²) in [6.07, 6.45) is 1.93. The number of aromatic nitrogens is 4. The summed E-state index contributed by atoms with van der Waals surface area (Å²) in [4.78, 5) is 32.3. The second kappa shape index (κ2) is 12.5. The van der Waals surface area contributed by atoms with Crippen LogP contribution in [0.25, 0.3) is 5.95 Å². The van der Waals surface area contributed by atoms with Gasteiger partial charge in [-0.2, -0.15) is 10.2 Å². The summed E-state index contributed by atoms with van der Waals surface area (Å²) >= 11 is 0. The van der Waals surface area contributed by atoms with Crippen LogP contribution in [0.2, 0.25) is 0 Å². The van der Waals surface area contributed by atoms with Crippen LogP contribution >= 0.6 is 0 Å². The van der Waals surface area contributed by atoms with Gasteiger partial charge in [0.05, 0.1) is 38.8 Å². The van der Waals surface area contributed by atoms with Gasteiger partial charge in [0, 0.05) is 23.9 Å². The second-order valence-electron chi connectivity index (χ2n) is 10.4. The first kappa shape index (κ1) is 29.6. The molecule has 0 fully saturated rings. The Morgan fingerprint density at radius 2 is 1.70 bits per heavy atom. The third-order valence-corrected chi connectivity index (χ3v) is 7.42. The molecule has 0 saturated carbocycles. The lowest BCUT2D eigenvalue weighted by atomic mass is 9.98. The number of hydrogen-bond donors (Lipinski definition) is 0. The molecule has 0 aliphatic carbocycles. The summed E-state index contributed by atoms with van der Waals surface area (Å²) in [7, 11) is 4.76. The van der Waals surface area contributed by atoms with Crippen molar-refractivity contribution in [2.75, 3.05) is 21.3 Å². The van der Waals surface area contributed by atoms with E-state index in [-0.39, 0.29) is 18.0 Å².